The van der Waals surface area contributed by atoms with Crippen molar-refractivity contribution < 1.29 is 14.3 Å². The number of carbonyl (C=O) groups is 2. The minimum absolute atomic E-state index is 0.270. The van der Waals surface area contributed by atoms with E-state index in [1.165, 1.54) is 0 Å². The van der Waals surface area contributed by atoms with E-state index in [1.807, 2.05) is 18.2 Å². The van der Waals surface area contributed by atoms with Crippen molar-refractivity contribution in [1.29, 1.82) is 0 Å². The molecule has 0 saturated carbocycles. The molecule has 0 atom stereocenters. The van der Waals surface area contributed by atoms with Gasteiger partial charge in [-0.05, 0) is 60.7 Å². The molecule has 0 unspecified atom stereocenters. The number of nitrogens with one attached hydrogen (secondary N) is 2. The zero-order valence-corrected chi connectivity index (χ0v) is 14.2. The lowest BCUT2D eigenvalue weighted by molar-refractivity contribution is 0.101. The molecule has 0 fully saturated rings. The van der Waals surface area contributed by atoms with E-state index in [4.69, 9.17) is 4.74 Å². The van der Waals surface area contributed by atoms with Gasteiger partial charge >= 0.3 is 0 Å². The predicted molar refractivity (Wildman–Crippen MR) is 101 cm³/mol. The van der Waals surface area contributed by atoms with Gasteiger partial charge in [0.25, 0.3) is 11.8 Å². The summed E-state index contributed by atoms with van der Waals surface area (Å²) in [7, 11) is 1.57. The Labute approximate surface area is 151 Å². The van der Waals surface area contributed by atoms with Crippen molar-refractivity contribution in [3.8, 4) is 5.75 Å². The SMILES string of the molecule is COc1ccc(C(=O)Nc2c[c]cc(C(=O)Nc3ccccc3)c2)cc1. The number of hydrogen-bond acceptors (Lipinski definition) is 3. The molecule has 26 heavy (non-hydrogen) atoms. The third kappa shape index (κ3) is 4.27. The first-order chi connectivity index (χ1) is 12.7. The maximum Gasteiger partial charge on any atom is 0.255 e. The van der Waals surface area contributed by atoms with Crippen molar-refractivity contribution in [2.45, 2.75) is 0 Å². The summed E-state index contributed by atoms with van der Waals surface area (Å²) in [5, 5.41) is 5.56. The third-order valence-electron chi connectivity index (χ3n) is 3.69. The van der Waals surface area contributed by atoms with Crippen molar-refractivity contribution >= 4 is 23.2 Å². The summed E-state index contributed by atoms with van der Waals surface area (Å²) in [4.78, 5) is 24.7. The number of methoxy groups -OCH3 is 1. The number of hydrogen-bond donors (Lipinski definition) is 2. The van der Waals surface area contributed by atoms with Crippen LogP contribution in [0, 0.1) is 6.07 Å². The highest BCUT2D eigenvalue weighted by molar-refractivity contribution is 6.07. The van der Waals surface area contributed by atoms with Gasteiger partial charge in [0.05, 0.1) is 7.11 Å². The molecule has 3 rings (SSSR count). The van der Waals surface area contributed by atoms with E-state index >= 15 is 0 Å². The normalized spacial score (nSPS) is 10.0. The van der Waals surface area contributed by atoms with Crippen LogP contribution in [0.25, 0.3) is 0 Å². The van der Waals surface area contributed by atoms with Crippen molar-refractivity contribution in [1.82, 2.24) is 0 Å². The molecule has 0 aromatic heterocycles. The van der Waals surface area contributed by atoms with Crippen LogP contribution in [0.3, 0.4) is 0 Å². The van der Waals surface area contributed by atoms with E-state index < -0.39 is 0 Å². The smallest absolute Gasteiger partial charge is 0.255 e. The van der Waals surface area contributed by atoms with Crippen LogP contribution in [0.1, 0.15) is 20.7 Å². The van der Waals surface area contributed by atoms with Gasteiger partial charge in [-0.2, -0.15) is 0 Å². The fourth-order valence-electron chi connectivity index (χ4n) is 2.35. The highest BCUT2D eigenvalue weighted by Crippen LogP contribution is 2.16. The Morgan fingerprint density at radius 3 is 2.15 bits per heavy atom. The van der Waals surface area contributed by atoms with Gasteiger partial charge in [0, 0.05) is 22.5 Å². The predicted octanol–water partition coefficient (Wildman–Crippen LogP) is 4.00. The lowest BCUT2D eigenvalue weighted by Gasteiger charge is -2.09. The van der Waals surface area contributed by atoms with Gasteiger partial charge in [0.1, 0.15) is 5.75 Å². The monoisotopic (exact) mass is 345 g/mol. The fraction of sp³-hybridized carbons (Fsp3) is 0.0476. The Morgan fingerprint density at radius 1 is 0.808 bits per heavy atom. The molecular weight excluding hydrogens is 328 g/mol. The molecule has 0 spiro atoms. The quantitative estimate of drug-likeness (QED) is 0.734. The maximum atomic E-state index is 12.3. The zero-order valence-electron chi connectivity index (χ0n) is 14.2. The van der Waals surface area contributed by atoms with Crippen molar-refractivity contribution in [3.63, 3.8) is 0 Å². The first kappa shape index (κ1) is 17.2. The van der Waals surface area contributed by atoms with Gasteiger partial charge in [0.15, 0.2) is 0 Å². The van der Waals surface area contributed by atoms with Crippen LogP contribution in [-0.4, -0.2) is 18.9 Å². The van der Waals surface area contributed by atoms with E-state index in [2.05, 4.69) is 16.7 Å². The van der Waals surface area contributed by atoms with Crippen LogP contribution in [-0.2, 0) is 0 Å². The van der Waals surface area contributed by atoms with Crippen LogP contribution in [0.15, 0.2) is 72.8 Å². The van der Waals surface area contributed by atoms with Crippen LogP contribution >= 0.6 is 0 Å². The number of ether oxygens (including phenoxy) is 1. The Kier molecular flexibility index (Phi) is 5.29. The zero-order chi connectivity index (χ0) is 18.4. The van der Waals surface area contributed by atoms with Crippen LogP contribution < -0.4 is 15.4 Å². The Balaban J connectivity index is 1.70. The van der Waals surface area contributed by atoms with E-state index in [1.54, 1.807) is 61.7 Å². The largest absolute Gasteiger partial charge is 0.497 e. The highest BCUT2D eigenvalue weighted by atomic mass is 16.5. The molecule has 2 amide bonds. The Hall–Kier alpha value is -3.60. The maximum absolute atomic E-state index is 12.3. The second-order valence-electron chi connectivity index (χ2n) is 5.51. The lowest BCUT2D eigenvalue weighted by atomic mass is 10.1. The number of carbonyl (C=O) groups excluding carboxylic acids is 2. The van der Waals surface area contributed by atoms with Crippen LogP contribution in [0.4, 0.5) is 11.4 Å². The molecule has 0 heterocycles. The molecule has 0 bridgehead atoms. The third-order valence-corrected chi connectivity index (χ3v) is 3.69. The molecule has 3 aromatic carbocycles. The number of amides is 2. The summed E-state index contributed by atoms with van der Waals surface area (Å²) in [6.45, 7) is 0. The van der Waals surface area contributed by atoms with Gasteiger partial charge in [-0.25, -0.2) is 0 Å². The minimum atomic E-state index is -0.276. The second-order valence-corrected chi connectivity index (χ2v) is 5.51. The van der Waals surface area contributed by atoms with E-state index in [0.29, 0.717) is 28.3 Å². The number of para-hydroxylation sites is 1. The summed E-state index contributed by atoms with van der Waals surface area (Å²) >= 11 is 0. The summed E-state index contributed by atoms with van der Waals surface area (Å²) in [5.41, 5.74) is 2.09. The minimum Gasteiger partial charge on any atom is -0.497 e. The summed E-state index contributed by atoms with van der Waals surface area (Å²) in [6, 6.07) is 23.6. The molecule has 129 valence electrons. The molecular formula is C21H17N2O3. The van der Waals surface area contributed by atoms with Gasteiger partial charge in [-0.3, -0.25) is 9.59 Å². The van der Waals surface area contributed by atoms with E-state index in [-0.39, 0.29) is 11.8 Å². The fourth-order valence-corrected chi connectivity index (χ4v) is 2.35. The summed E-state index contributed by atoms with van der Waals surface area (Å²) < 4.78 is 5.08. The Bertz CT molecular complexity index is 906. The van der Waals surface area contributed by atoms with Crippen LogP contribution in [0.2, 0.25) is 0 Å². The molecule has 5 heteroatoms. The average Bonchev–Trinajstić information content (AvgIpc) is 2.69. The van der Waals surface area contributed by atoms with Crippen LogP contribution in [0.5, 0.6) is 5.75 Å². The first-order valence-corrected chi connectivity index (χ1v) is 7.98. The van der Waals surface area contributed by atoms with Gasteiger partial charge in [0.2, 0.25) is 0 Å². The van der Waals surface area contributed by atoms with Gasteiger partial charge in [-0.1, -0.05) is 18.2 Å². The molecule has 3 aromatic rings. The molecule has 2 N–H and O–H groups in total. The van der Waals surface area contributed by atoms with Crippen molar-refractivity contribution in [3.05, 3.63) is 90.0 Å². The number of benzene rings is 3. The lowest BCUT2D eigenvalue weighted by Crippen LogP contribution is -2.14. The molecule has 5 nitrogen and oxygen atoms in total. The first-order valence-electron chi connectivity index (χ1n) is 7.98. The Morgan fingerprint density at radius 2 is 1.46 bits per heavy atom. The van der Waals surface area contributed by atoms with Gasteiger partial charge < -0.3 is 15.4 Å². The topological polar surface area (TPSA) is 67.4 Å². The van der Waals surface area contributed by atoms with Crippen molar-refractivity contribution in [2.75, 3.05) is 17.7 Å². The number of anilines is 2. The van der Waals surface area contributed by atoms with E-state index in [0.717, 1.165) is 0 Å². The summed E-state index contributed by atoms with van der Waals surface area (Å²) in [5.74, 6) is 0.129. The number of rotatable bonds is 5. The molecule has 0 saturated heterocycles. The van der Waals surface area contributed by atoms with E-state index in [9.17, 15) is 9.59 Å². The molecule has 0 aliphatic heterocycles. The second kappa shape index (κ2) is 7.98. The summed E-state index contributed by atoms with van der Waals surface area (Å²) in [6.07, 6.45) is 0. The average molecular weight is 345 g/mol. The van der Waals surface area contributed by atoms with Crippen molar-refractivity contribution in [2.24, 2.45) is 0 Å². The standard InChI is InChI=1S/C21H17N2O3/c1-26-19-12-10-15(11-13-19)20(24)23-18-9-5-6-16(14-18)21(25)22-17-7-3-2-4-8-17/h2-4,6-14H,1H3,(H,22,25)(H,23,24). The highest BCUT2D eigenvalue weighted by Gasteiger charge is 2.10. The molecule has 1 radical (unpaired) electrons. The molecule has 0 aliphatic rings. The molecule has 0 aliphatic carbocycles. The van der Waals surface area contributed by atoms with Gasteiger partial charge in [-0.15, -0.1) is 0 Å².